The number of ether oxygens (including phenoxy) is 1. The van der Waals surface area contributed by atoms with E-state index in [0.717, 1.165) is 44.9 Å². The Morgan fingerprint density at radius 1 is 1.00 bits per heavy atom. The number of nitrogens with one attached hydrogen (secondary N) is 2. The summed E-state index contributed by atoms with van der Waals surface area (Å²) in [6, 6.07) is 0.107. The van der Waals surface area contributed by atoms with E-state index in [9.17, 15) is 14.4 Å². The van der Waals surface area contributed by atoms with Crippen molar-refractivity contribution in [3.63, 3.8) is 0 Å². The number of nitrogens with zero attached hydrogens (tertiary/aromatic N) is 1. The highest BCUT2D eigenvalue weighted by atomic mass is 16.6. The molecular weight excluding hydrogens is 346 g/mol. The van der Waals surface area contributed by atoms with Crippen LogP contribution >= 0.6 is 0 Å². The summed E-state index contributed by atoms with van der Waals surface area (Å²) in [4.78, 5) is 39.0. The molecule has 1 saturated heterocycles. The Bertz CT molecular complexity index is 582. The summed E-state index contributed by atoms with van der Waals surface area (Å²) < 4.78 is 5.38. The van der Waals surface area contributed by atoms with E-state index < -0.39 is 11.7 Å². The average Bonchev–Trinajstić information content (AvgIpc) is 3.34. The fraction of sp³-hybridized carbons (Fsp3) is 0.850. The number of rotatable bonds is 4. The van der Waals surface area contributed by atoms with Crippen LogP contribution in [-0.4, -0.2) is 53.1 Å². The van der Waals surface area contributed by atoms with Gasteiger partial charge in [-0.15, -0.1) is 0 Å². The summed E-state index contributed by atoms with van der Waals surface area (Å²) in [5, 5.41) is 6.09. The van der Waals surface area contributed by atoms with Gasteiger partial charge >= 0.3 is 6.09 Å². The number of likely N-dealkylation sites (tertiary alicyclic amines) is 1. The maximum atomic E-state index is 12.8. The Balaban J connectivity index is 1.57. The third-order valence-corrected chi connectivity index (χ3v) is 5.56. The van der Waals surface area contributed by atoms with Gasteiger partial charge < -0.3 is 20.3 Å². The Hall–Kier alpha value is -1.79. The van der Waals surface area contributed by atoms with Crippen molar-refractivity contribution in [3.8, 4) is 0 Å². The zero-order chi connectivity index (χ0) is 19.6. The number of carbonyl (C=O) groups is 3. The van der Waals surface area contributed by atoms with Gasteiger partial charge in [0.15, 0.2) is 0 Å². The van der Waals surface area contributed by atoms with Crippen LogP contribution in [0, 0.1) is 5.92 Å². The normalized spacial score (nSPS) is 29.2. The monoisotopic (exact) mass is 379 g/mol. The van der Waals surface area contributed by atoms with E-state index in [-0.39, 0.29) is 29.8 Å². The van der Waals surface area contributed by atoms with Crippen molar-refractivity contribution in [1.82, 2.24) is 15.5 Å². The van der Waals surface area contributed by atoms with Crippen LogP contribution in [0.2, 0.25) is 0 Å². The number of carbonyl (C=O) groups excluding carboxylic acids is 3. The van der Waals surface area contributed by atoms with Gasteiger partial charge in [0.05, 0.1) is 12.0 Å². The highest BCUT2D eigenvalue weighted by Crippen LogP contribution is 2.32. The molecule has 0 radical (unpaired) electrons. The van der Waals surface area contributed by atoms with E-state index in [2.05, 4.69) is 10.6 Å². The van der Waals surface area contributed by atoms with Gasteiger partial charge in [0, 0.05) is 25.0 Å². The lowest BCUT2D eigenvalue weighted by molar-refractivity contribution is -0.129. The van der Waals surface area contributed by atoms with Gasteiger partial charge in [0.1, 0.15) is 5.60 Å². The van der Waals surface area contributed by atoms with Crippen LogP contribution in [-0.2, 0) is 14.3 Å². The minimum Gasteiger partial charge on any atom is -0.444 e. The molecule has 1 aliphatic heterocycles. The minimum absolute atomic E-state index is 0.0608. The first kappa shape index (κ1) is 20.0. The lowest BCUT2D eigenvalue weighted by atomic mass is 10.0. The van der Waals surface area contributed by atoms with Gasteiger partial charge in [-0.05, 0) is 46.5 Å². The number of hydrogen-bond donors (Lipinski definition) is 2. The van der Waals surface area contributed by atoms with Gasteiger partial charge in [0.25, 0.3) is 0 Å². The molecule has 2 aliphatic carbocycles. The van der Waals surface area contributed by atoms with E-state index in [4.69, 9.17) is 4.74 Å². The van der Waals surface area contributed by atoms with Crippen molar-refractivity contribution in [2.45, 2.75) is 95.9 Å². The maximum Gasteiger partial charge on any atom is 0.407 e. The molecule has 3 atom stereocenters. The minimum atomic E-state index is -0.552. The molecular formula is C20H33N3O4. The molecule has 0 spiro atoms. The number of alkyl carbamates (subject to hydrolysis) is 1. The highest BCUT2D eigenvalue weighted by Gasteiger charge is 2.42. The van der Waals surface area contributed by atoms with Crippen LogP contribution in [0.5, 0.6) is 0 Å². The molecule has 7 heteroatoms. The zero-order valence-electron chi connectivity index (χ0n) is 16.8. The maximum absolute atomic E-state index is 12.8. The van der Waals surface area contributed by atoms with E-state index in [1.165, 1.54) is 0 Å². The van der Waals surface area contributed by atoms with Crippen molar-refractivity contribution >= 4 is 17.9 Å². The second-order valence-corrected chi connectivity index (χ2v) is 9.18. The highest BCUT2D eigenvalue weighted by molar-refractivity contribution is 5.89. The van der Waals surface area contributed by atoms with Gasteiger partial charge in [-0.1, -0.05) is 19.3 Å². The molecule has 0 aromatic carbocycles. The Labute approximate surface area is 161 Å². The molecule has 27 heavy (non-hydrogen) atoms. The Morgan fingerprint density at radius 2 is 1.63 bits per heavy atom. The van der Waals surface area contributed by atoms with Gasteiger partial charge in [-0.2, -0.15) is 0 Å². The molecule has 3 aliphatic rings. The SMILES string of the molecule is CC(C)(C)OC(=O)N[C@@H]1CCCCC[C@H]1NC(=O)[C@H]1CC(=O)N(C2CC2)C1. The van der Waals surface area contributed by atoms with Crippen molar-refractivity contribution in [1.29, 1.82) is 0 Å². The van der Waals surface area contributed by atoms with E-state index in [0.29, 0.717) is 19.0 Å². The van der Waals surface area contributed by atoms with Crippen LogP contribution in [0.25, 0.3) is 0 Å². The lowest BCUT2D eigenvalue weighted by Gasteiger charge is -2.29. The summed E-state index contributed by atoms with van der Waals surface area (Å²) in [6.07, 6.45) is 6.77. The van der Waals surface area contributed by atoms with Crippen molar-refractivity contribution in [2.24, 2.45) is 5.92 Å². The molecule has 1 heterocycles. The van der Waals surface area contributed by atoms with Crippen LogP contribution < -0.4 is 10.6 Å². The quantitative estimate of drug-likeness (QED) is 0.734. The van der Waals surface area contributed by atoms with E-state index in [1.807, 2.05) is 25.7 Å². The molecule has 7 nitrogen and oxygen atoms in total. The number of amides is 3. The summed E-state index contributed by atoms with van der Waals surface area (Å²) in [5.74, 6) is -0.236. The summed E-state index contributed by atoms with van der Waals surface area (Å²) in [5.41, 5.74) is -0.552. The van der Waals surface area contributed by atoms with Crippen LogP contribution in [0.15, 0.2) is 0 Å². The van der Waals surface area contributed by atoms with Crippen molar-refractivity contribution in [3.05, 3.63) is 0 Å². The topological polar surface area (TPSA) is 87.7 Å². The number of hydrogen-bond acceptors (Lipinski definition) is 4. The van der Waals surface area contributed by atoms with E-state index >= 15 is 0 Å². The molecule has 0 aromatic rings. The Morgan fingerprint density at radius 3 is 2.22 bits per heavy atom. The molecule has 2 saturated carbocycles. The molecule has 0 aromatic heterocycles. The molecule has 3 amide bonds. The van der Waals surface area contributed by atoms with Gasteiger partial charge in [-0.3, -0.25) is 9.59 Å². The lowest BCUT2D eigenvalue weighted by Crippen LogP contribution is -2.53. The standard InChI is InChI=1S/C20H33N3O4/c1-20(2,3)27-19(26)22-16-8-6-4-5-7-15(16)21-18(25)13-11-17(24)23(12-13)14-9-10-14/h13-16H,4-12H2,1-3H3,(H,21,25)(H,22,26)/t13-,15+,16+/m0/s1. The van der Waals surface area contributed by atoms with Gasteiger partial charge in [0.2, 0.25) is 11.8 Å². The average molecular weight is 380 g/mol. The molecule has 2 N–H and O–H groups in total. The van der Waals surface area contributed by atoms with Crippen molar-refractivity contribution < 1.29 is 19.1 Å². The molecule has 3 fully saturated rings. The fourth-order valence-electron chi connectivity index (χ4n) is 4.06. The third kappa shape index (κ3) is 5.59. The van der Waals surface area contributed by atoms with Crippen LogP contribution in [0.3, 0.4) is 0 Å². The molecule has 0 bridgehead atoms. The summed E-state index contributed by atoms with van der Waals surface area (Å²) in [7, 11) is 0. The fourth-order valence-corrected chi connectivity index (χ4v) is 4.06. The van der Waals surface area contributed by atoms with E-state index in [1.54, 1.807) is 0 Å². The zero-order valence-corrected chi connectivity index (χ0v) is 16.8. The summed E-state index contributed by atoms with van der Waals surface area (Å²) >= 11 is 0. The first-order valence-electron chi connectivity index (χ1n) is 10.3. The molecule has 152 valence electrons. The predicted molar refractivity (Wildman–Crippen MR) is 101 cm³/mol. The molecule has 3 rings (SSSR count). The van der Waals surface area contributed by atoms with Crippen molar-refractivity contribution in [2.75, 3.05) is 6.54 Å². The van der Waals surface area contributed by atoms with Gasteiger partial charge in [-0.25, -0.2) is 4.79 Å². The molecule has 0 unspecified atom stereocenters. The smallest absolute Gasteiger partial charge is 0.407 e. The largest absolute Gasteiger partial charge is 0.444 e. The Kier molecular flexibility index (Phi) is 5.96. The second-order valence-electron chi connectivity index (χ2n) is 9.18. The summed E-state index contributed by atoms with van der Waals surface area (Å²) in [6.45, 7) is 6.04. The first-order chi connectivity index (χ1) is 12.7. The van der Waals surface area contributed by atoms with Crippen LogP contribution in [0.1, 0.15) is 72.1 Å². The predicted octanol–water partition coefficient (Wildman–Crippen LogP) is 2.34. The van der Waals surface area contributed by atoms with Crippen LogP contribution in [0.4, 0.5) is 4.79 Å². The second kappa shape index (κ2) is 8.07. The first-order valence-corrected chi connectivity index (χ1v) is 10.3. The third-order valence-electron chi connectivity index (χ3n) is 5.56.